The Labute approximate surface area is 97.2 Å². The molecule has 0 aliphatic rings. The lowest BCUT2D eigenvalue weighted by molar-refractivity contribution is 0.591. The first-order valence-electron chi connectivity index (χ1n) is 4.62. The average Bonchev–Trinajstić information content (AvgIpc) is 2.48. The van der Waals surface area contributed by atoms with Gasteiger partial charge in [0.05, 0.1) is 11.7 Å². The van der Waals surface area contributed by atoms with E-state index in [4.69, 9.17) is 0 Å². The van der Waals surface area contributed by atoms with E-state index in [1.165, 1.54) is 20.0 Å². The molecule has 2 rings (SSSR count). The Morgan fingerprint density at radius 2 is 2.00 bits per heavy atom. The minimum atomic E-state index is 0.155. The summed E-state index contributed by atoms with van der Waals surface area (Å²) in [6.45, 7) is 6.68. The summed E-state index contributed by atoms with van der Waals surface area (Å²) < 4.78 is 1.30. The van der Waals surface area contributed by atoms with Crippen molar-refractivity contribution in [3.8, 4) is 0 Å². The van der Waals surface area contributed by atoms with Crippen LogP contribution in [0, 0.1) is 3.57 Å². The van der Waals surface area contributed by atoms with Crippen molar-refractivity contribution in [2.24, 2.45) is 0 Å². The summed E-state index contributed by atoms with van der Waals surface area (Å²) >= 11 is 2.38. The molecule has 0 aliphatic carbocycles. The van der Waals surface area contributed by atoms with Crippen molar-refractivity contribution in [1.29, 1.82) is 0 Å². The number of H-pyrrole nitrogens is 1. The number of rotatable bonds is 0. The first kappa shape index (κ1) is 9.96. The standard InChI is InChI=1S/C11H13IN2/c1-11(2,3)9-8(12)5-4-7-6-13-14-10(7)9/h4-6H,1-3H3,(H,13,14). The van der Waals surface area contributed by atoms with Gasteiger partial charge in [0.25, 0.3) is 0 Å². The van der Waals surface area contributed by atoms with Gasteiger partial charge in [-0.05, 0) is 39.6 Å². The fourth-order valence-electron chi connectivity index (χ4n) is 1.72. The van der Waals surface area contributed by atoms with Crippen molar-refractivity contribution < 1.29 is 0 Å². The summed E-state index contributed by atoms with van der Waals surface area (Å²) in [6, 6.07) is 4.26. The highest BCUT2D eigenvalue weighted by molar-refractivity contribution is 14.1. The van der Waals surface area contributed by atoms with Crippen LogP contribution < -0.4 is 0 Å². The van der Waals surface area contributed by atoms with Gasteiger partial charge in [0.15, 0.2) is 0 Å². The number of benzene rings is 1. The molecule has 0 bridgehead atoms. The maximum absolute atomic E-state index is 4.09. The molecule has 0 unspecified atom stereocenters. The summed E-state index contributed by atoms with van der Waals surface area (Å²) in [5, 5.41) is 8.36. The Kier molecular flexibility index (Phi) is 2.29. The predicted octanol–water partition coefficient (Wildman–Crippen LogP) is 3.47. The van der Waals surface area contributed by atoms with Gasteiger partial charge in [-0.25, -0.2) is 0 Å². The van der Waals surface area contributed by atoms with E-state index < -0.39 is 0 Å². The van der Waals surface area contributed by atoms with Crippen LogP contribution in [0.1, 0.15) is 26.3 Å². The van der Waals surface area contributed by atoms with Crippen molar-refractivity contribution >= 4 is 33.5 Å². The van der Waals surface area contributed by atoms with E-state index in [1.54, 1.807) is 0 Å². The zero-order valence-corrected chi connectivity index (χ0v) is 10.7. The summed E-state index contributed by atoms with van der Waals surface area (Å²) in [7, 11) is 0. The first-order valence-corrected chi connectivity index (χ1v) is 5.70. The van der Waals surface area contributed by atoms with Gasteiger partial charge in [0.2, 0.25) is 0 Å². The molecule has 2 aromatic rings. The lowest BCUT2D eigenvalue weighted by Gasteiger charge is -2.21. The van der Waals surface area contributed by atoms with Crippen LogP contribution in [-0.2, 0) is 5.41 Å². The molecule has 0 amide bonds. The normalized spacial score (nSPS) is 12.3. The van der Waals surface area contributed by atoms with Crippen molar-refractivity contribution in [3.05, 3.63) is 27.5 Å². The molecule has 14 heavy (non-hydrogen) atoms. The second-order valence-electron chi connectivity index (χ2n) is 4.51. The minimum Gasteiger partial charge on any atom is -0.277 e. The Hall–Kier alpha value is -0.580. The topological polar surface area (TPSA) is 28.7 Å². The van der Waals surface area contributed by atoms with Crippen LogP contribution in [-0.4, -0.2) is 10.2 Å². The molecule has 0 saturated heterocycles. The molecule has 0 aliphatic heterocycles. The van der Waals surface area contributed by atoms with E-state index in [9.17, 15) is 0 Å². The molecule has 3 heteroatoms. The Balaban J connectivity index is 2.83. The van der Waals surface area contributed by atoms with Crippen molar-refractivity contribution in [3.63, 3.8) is 0 Å². The summed E-state index contributed by atoms with van der Waals surface area (Å²) in [5.74, 6) is 0. The number of halogens is 1. The van der Waals surface area contributed by atoms with E-state index in [0.717, 1.165) is 0 Å². The van der Waals surface area contributed by atoms with Gasteiger partial charge < -0.3 is 0 Å². The number of aromatic nitrogens is 2. The highest BCUT2D eigenvalue weighted by Crippen LogP contribution is 2.32. The second kappa shape index (κ2) is 3.22. The van der Waals surface area contributed by atoms with Crippen molar-refractivity contribution in [2.45, 2.75) is 26.2 Å². The molecular formula is C11H13IN2. The third kappa shape index (κ3) is 1.54. The van der Waals surface area contributed by atoms with Gasteiger partial charge in [-0.1, -0.05) is 26.8 Å². The van der Waals surface area contributed by atoms with Gasteiger partial charge in [0, 0.05) is 8.96 Å². The molecular weight excluding hydrogens is 287 g/mol. The number of hydrogen-bond donors (Lipinski definition) is 1. The lowest BCUT2D eigenvalue weighted by atomic mass is 9.86. The molecule has 0 saturated carbocycles. The summed E-state index contributed by atoms with van der Waals surface area (Å²) in [5.41, 5.74) is 2.68. The quantitative estimate of drug-likeness (QED) is 0.742. The minimum absolute atomic E-state index is 0.155. The van der Waals surface area contributed by atoms with Crippen LogP contribution in [0.25, 0.3) is 10.9 Å². The fourth-order valence-corrected chi connectivity index (χ4v) is 2.98. The second-order valence-corrected chi connectivity index (χ2v) is 5.67. The molecule has 0 spiro atoms. The number of nitrogens with one attached hydrogen (secondary N) is 1. The highest BCUT2D eigenvalue weighted by atomic mass is 127. The van der Waals surface area contributed by atoms with Crippen LogP contribution in [0.4, 0.5) is 0 Å². The summed E-state index contributed by atoms with van der Waals surface area (Å²) in [6.07, 6.45) is 1.88. The van der Waals surface area contributed by atoms with E-state index in [1.807, 2.05) is 6.20 Å². The molecule has 0 atom stereocenters. The maximum Gasteiger partial charge on any atom is 0.0698 e. The van der Waals surface area contributed by atoms with Crippen molar-refractivity contribution in [1.82, 2.24) is 10.2 Å². The third-order valence-corrected chi connectivity index (χ3v) is 3.22. The number of fused-ring (bicyclic) bond motifs is 1. The molecule has 1 aromatic heterocycles. The first-order chi connectivity index (χ1) is 6.50. The van der Waals surface area contributed by atoms with Crippen LogP contribution in [0.2, 0.25) is 0 Å². The van der Waals surface area contributed by atoms with Crippen LogP contribution >= 0.6 is 22.6 Å². The van der Waals surface area contributed by atoms with Gasteiger partial charge in [0.1, 0.15) is 0 Å². The van der Waals surface area contributed by atoms with E-state index in [-0.39, 0.29) is 5.41 Å². The number of nitrogens with zero attached hydrogens (tertiary/aromatic N) is 1. The van der Waals surface area contributed by atoms with E-state index >= 15 is 0 Å². The molecule has 1 N–H and O–H groups in total. The SMILES string of the molecule is CC(C)(C)c1c(I)ccc2cn[nH]c12. The summed E-state index contributed by atoms with van der Waals surface area (Å²) in [4.78, 5) is 0. The lowest BCUT2D eigenvalue weighted by Crippen LogP contribution is -2.13. The van der Waals surface area contributed by atoms with Crippen LogP contribution in [0.3, 0.4) is 0 Å². The average molecular weight is 300 g/mol. The maximum atomic E-state index is 4.09. The Bertz CT molecular complexity index is 466. The van der Waals surface area contributed by atoms with Crippen LogP contribution in [0.5, 0.6) is 0 Å². The molecule has 0 fully saturated rings. The van der Waals surface area contributed by atoms with Gasteiger partial charge in [-0.3, -0.25) is 5.10 Å². The molecule has 2 nitrogen and oxygen atoms in total. The number of hydrogen-bond acceptors (Lipinski definition) is 1. The monoisotopic (exact) mass is 300 g/mol. The molecule has 0 radical (unpaired) electrons. The number of aromatic amines is 1. The Morgan fingerprint density at radius 1 is 1.29 bits per heavy atom. The predicted molar refractivity (Wildman–Crippen MR) is 67.5 cm³/mol. The van der Waals surface area contributed by atoms with Gasteiger partial charge >= 0.3 is 0 Å². The third-order valence-electron chi connectivity index (χ3n) is 2.32. The molecule has 74 valence electrons. The van der Waals surface area contributed by atoms with E-state index in [0.29, 0.717) is 0 Å². The van der Waals surface area contributed by atoms with Gasteiger partial charge in [-0.2, -0.15) is 5.10 Å². The van der Waals surface area contributed by atoms with Crippen LogP contribution in [0.15, 0.2) is 18.3 Å². The van der Waals surface area contributed by atoms with Crippen molar-refractivity contribution in [2.75, 3.05) is 0 Å². The smallest absolute Gasteiger partial charge is 0.0698 e. The Morgan fingerprint density at radius 3 is 2.64 bits per heavy atom. The fraction of sp³-hybridized carbons (Fsp3) is 0.364. The zero-order chi connectivity index (χ0) is 10.3. The van der Waals surface area contributed by atoms with E-state index in [2.05, 4.69) is 65.7 Å². The highest BCUT2D eigenvalue weighted by Gasteiger charge is 2.20. The molecule has 1 heterocycles. The van der Waals surface area contributed by atoms with Gasteiger partial charge in [-0.15, -0.1) is 0 Å². The zero-order valence-electron chi connectivity index (χ0n) is 8.56. The molecule has 1 aromatic carbocycles. The largest absolute Gasteiger partial charge is 0.277 e.